The summed E-state index contributed by atoms with van der Waals surface area (Å²) in [7, 11) is -0.716. The lowest BCUT2D eigenvalue weighted by Gasteiger charge is -2.32. The summed E-state index contributed by atoms with van der Waals surface area (Å²) in [5.41, 5.74) is 1.63. The van der Waals surface area contributed by atoms with Crippen molar-refractivity contribution in [2.24, 2.45) is 0 Å². The third kappa shape index (κ3) is 8.77. The van der Waals surface area contributed by atoms with Crippen LogP contribution in [0.4, 0.5) is 0 Å². The van der Waals surface area contributed by atoms with Crippen molar-refractivity contribution in [2.45, 2.75) is 19.0 Å². The van der Waals surface area contributed by atoms with Crippen molar-refractivity contribution < 1.29 is 22.7 Å². The maximum Gasteiger partial charge on any atom is 0.243 e. The molecule has 2 aromatic rings. The Morgan fingerprint density at radius 3 is 2.27 bits per heavy atom. The highest BCUT2D eigenvalue weighted by atomic mass is 35.5. The molecule has 8 nitrogen and oxygen atoms in total. The molecule has 1 atom stereocenters. The van der Waals surface area contributed by atoms with E-state index < -0.39 is 22.0 Å². The average molecular weight is 496 g/mol. The van der Waals surface area contributed by atoms with Gasteiger partial charge in [-0.2, -0.15) is 4.31 Å². The van der Waals surface area contributed by atoms with Gasteiger partial charge in [0.2, 0.25) is 21.8 Å². The van der Waals surface area contributed by atoms with Gasteiger partial charge in [-0.15, -0.1) is 0 Å². The normalized spacial score (nSPS) is 12.4. The Morgan fingerprint density at radius 2 is 1.70 bits per heavy atom. The van der Waals surface area contributed by atoms with Crippen LogP contribution in [-0.4, -0.2) is 75.6 Å². The number of sulfonamides is 1. The van der Waals surface area contributed by atoms with Crippen LogP contribution in [0.1, 0.15) is 11.1 Å². The van der Waals surface area contributed by atoms with Crippen molar-refractivity contribution in [3.05, 3.63) is 70.7 Å². The van der Waals surface area contributed by atoms with Gasteiger partial charge in [0.1, 0.15) is 6.04 Å². The molecule has 33 heavy (non-hydrogen) atoms. The van der Waals surface area contributed by atoms with E-state index >= 15 is 0 Å². The quantitative estimate of drug-likeness (QED) is 0.454. The summed E-state index contributed by atoms with van der Waals surface area (Å²) in [6, 6.07) is 15.4. The van der Waals surface area contributed by atoms with Crippen LogP contribution < -0.4 is 5.32 Å². The van der Waals surface area contributed by atoms with E-state index in [1.165, 1.54) is 19.1 Å². The highest BCUT2D eigenvalue weighted by molar-refractivity contribution is 7.88. The number of halogens is 1. The molecule has 0 saturated carbocycles. The van der Waals surface area contributed by atoms with E-state index in [1.54, 1.807) is 24.3 Å². The molecule has 0 heterocycles. The fourth-order valence-electron chi connectivity index (χ4n) is 3.13. The summed E-state index contributed by atoms with van der Waals surface area (Å²) in [6.07, 6.45) is 1.30. The third-order valence-corrected chi connectivity index (χ3v) is 6.58. The van der Waals surface area contributed by atoms with Gasteiger partial charge in [0, 0.05) is 38.7 Å². The average Bonchev–Trinajstić information content (AvgIpc) is 2.77. The minimum atomic E-state index is -3.58. The van der Waals surface area contributed by atoms with Crippen LogP contribution in [0.25, 0.3) is 0 Å². The second-order valence-electron chi connectivity index (χ2n) is 7.66. The van der Waals surface area contributed by atoms with E-state index in [2.05, 4.69) is 5.32 Å². The number of hydrogen-bond donors (Lipinski definition) is 1. The molecule has 0 saturated heterocycles. The SMILES string of the molecule is COCCNC(=O)[C@H](Cc1ccccc1)N(Cc1ccc(Cl)cc1)C(=O)CN(C)S(C)(=O)=O. The first-order valence-electron chi connectivity index (χ1n) is 10.4. The smallest absolute Gasteiger partial charge is 0.243 e. The van der Waals surface area contributed by atoms with Gasteiger partial charge < -0.3 is 15.0 Å². The topological polar surface area (TPSA) is 96.0 Å². The highest BCUT2D eigenvalue weighted by Crippen LogP contribution is 2.17. The predicted molar refractivity (Wildman–Crippen MR) is 128 cm³/mol. The van der Waals surface area contributed by atoms with E-state index in [1.807, 2.05) is 30.3 Å². The van der Waals surface area contributed by atoms with E-state index in [-0.39, 0.29) is 32.0 Å². The van der Waals surface area contributed by atoms with Gasteiger partial charge >= 0.3 is 0 Å². The Bertz CT molecular complexity index is 1020. The summed E-state index contributed by atoms with van der Waals surface area (Å²) in [4.78, 5) is 27.9. The lowest BCUT2D eigenvalue weighted by Crippen LogP contribution is -2.53. The van der Waals surface area contributed by atoms with E-state index in [0.717, 1.165) is 21.7 Å². The van der Waals surface area contributed by atoms with Gasteiger partial charge in [0.25, 0.3) is 0 Å². The highest BCUT2D eigenvalue weighted by Gasteiger charge is 2.31. The van der Waals surface area contributed by atoms with Crippen molar-refractivity contribution in [3.63, 3.8) is 0 Å². The molecule has 0 unspecified atom stereocenters. The van der Waals surface area contributed by atoms with Crippen LogP contribution in [0.3, 0.4) is 0 Å². The maximum atomic E-state index is 13.3. The molecule has 10 heteroatoms. The molecular weight excluding hydrogens is 466 g/mol. The maximum absolute atomic E-state index is 13.3. The monoisotopic (exact) mass is 495 g/mol. The molecule has 0 spiro atoms. The van der Waals surface area contributed by atoms with Crippen LogP contribution in [0.15, 0.2) is 54.6 Å². The fourth-order valence-corrected chi connectivity index (χ4v) is 3.60. The number of benzene rings is 2. The van der Waals surface area contributed by atoms with Gasteiger partial charge in [0.15, 0.2) is 0 Å². The number of methoxy groups -OCH3 is 1. The first kappa shape index (κ1) is 26.8. The van der Waals surface area contributed by atoms with Gasteiger partial charge in [-0.05, 0) is 23.3 Å². The van der Waals surface area contributed by atoms with Crippen LogP contribution in [0.5, 0.6) is 0 Å². The van der Waals surface area contributed by atoms with Crippen LogP contribution >= 0.6 is 11.6 Å². The molecule has 180 valence electrons. The second-order valence-corrected chi connectivity index (χ2v) is 10.2. The van der Waals surface area contributed by atoms with Gasteiger partial charge in [-0.25, -0.2) is 8.42 Å². The summed E-state index contributed by atoms with van der Waals surface area (Å²) >= 11 is 5.99. The standard InChI is InChI=1S/C23H30ClN3O5S/c1-26(33(3,30)31)17-22(28)27(16-19-9-11-20(24)12-10-19)21(23(29)25-13-14-32-2)15-18-7-5-4-6-8-18/h4-12,21H,13-17H2,1-3H3,(H,25,29)/t21-/m0/s1. The Kier molecular flexibility index (Phi) is 10.3. The van der Waals surface area contributed by atoms with Crippen molar-refractivity contribution in [1.82, 2.24) is 14.5 Å². The number of nitrogens with zero attached hydrogens (tertiary/aromatic N) is 2. The summed E-state index contributed by atoms with van der Waals surface area (Å²) in [5, 5.41) is 3.35. The van der Waals surface area contributed by atoms with Gasteiger partial charge in [-0.3, -0.25) is 9.59 Å². The van der Waals surface area contributed by atoms with Crippen molar-refractivity contribution in [1.29, 1.82) is 0 Å². The van der Waals surface area contributed by atoms with Crippen molar-refractivity contribution in [2.75, 3.05) is 40.1 Å². The molecule has 2 rings (SSSR count). The van der Waals surface area contributed by atoms with E-state index in [4.69, 9.17) is 16.3 Å². The van der Waals surface area contributed by atoms with E-state index in [0.29, 0.717) is 11.6 Å². The third-order valence-electron chi connectivity index (χ3n) is 5.07. The van der Waals surface area contributed by atoms with Crippen LogP contribution in [-0.2, 0) is 37.3 Å². The number of carbonyl (C=O) groups is 2. The summed E-state index contributed by atoms with van der Waals surface area (Å²) in [6.45, 7) is 0.338. The molecule has 2 amide bonds. The number of carbonyl (C=O) groups excluding carboxylic acids is 2. The van der Waals surface area contributed by atoms with Gasteiger partial charge in [-0.1, -0.05) is 54.1 Å². The molecule has 0 aliphatic rings. The molecular formula is C23H30ClN3O5S. The molecule has 1 N–H and O–H groups in total. The Hall–Kier alpha value is -2.46. The number of ether oxygens (including phenoxy) is 1. The number of amides is 2. The molecule has 0 bridgehead atoms. The number of hydrogen-bond acceptors (Lipinski definition) is 5. The zero-order valence-corrected chi connectivity index (χ0v) is 20.6. The number of likely N-dealkylation sites (N-methyl/N-ethyl adjacent to an activating group) is 1. The minimum Gasteiger partial charge on any atom is -0.383 e. The van der Waals surface area contributed by atoms with Crippen molar-refractivity contribution >= 4 is 33.4 Å². The summed E-state index contributed by atoms with van der Waals surface area (Å²) < 4.78 is 29.8. The van der Waals surface area contributed by atoms with Crippen LogP contribution in [0, 0.1) is 0 Å². The molecule has 0 aliphatic heterocycles. The van der Waals surface area contributed by atoms with Crippen LogP contribution in [0.2, 0.25) is 5.02 Å². The Balaban J connectivity index is 2.40. The minimum absolute atomic E-state index is 0.114. The Labute approximate surface area is 200 Å². The molecule has 2 aromatic carbocycles. The second kappa shape index (κ2) is 12.7. The largest absolute Gasteiger partial charge is 0.383 e. The van der Waals surface area contributed by atoms with E-state index in [9.17, 15) is 18.0 Å². The lowest BCUT2D eigenvalue weighted by atomic mass is 10.0. The predicted octanol–water partition coefficient (Wildman–Crippen LogP) is 1.93. The first-order chi connectivity index (χ1) is 15.6. The molecule has 0 fully saturated rings. The lowest BCUT2D eigenvalue weighted by molar-refractivity contribution is -0.141. The van der Waals surface area contributed by atoms with Crippen molar-refractivity contribution in [3.8, 4) is 0 Å². The number of nitrogens with one attached hydrogen (secondary N) is 1. The summed E-state index contributed by atoms with van der Waals surface area (Å²) in [5.74, 6) is -0.832. The molecule has 0 aliphatic carbocycles. The zero-order valence-electron chi connectivity index (χ0n) is 19.0. The zero-order chi connectivity index (χ0) is 24.4. The first-order valence-corrected chi connectivity index (χ1v) is 12.6. The molecule has 0 radical (unpaired) electrons. The number of rotatable bonds is 12. The molecule has 0 aromatic heterocycles. The van der Waals surface area contributed by atoms with Gasteiger partial charge in [0.05, 0.1) is 19.4 Å². The Morgan fingerprint density at radius 1 is 1.06 bits per heavy atom. The fraction of sp³-hybridized carbons (Fsp3) is 0.391.